The van der Waals surface area contributed by atoms with Crippen LogP contribution in [0, 0.1) is 0 Å². The predicted octanol–water partition coefficient (Wildman–Crippen LogP) is 3.06. The number of carboxylic acid groups (broad SMARTS) is 1. The van der Waals surface area contributed by atoms with Gasteiger partial charge < -0.3 is 14.6 Å². The van der Waals surface area contributed by atoms with Gasteiger partial charge in [0, 0.05) is 30.8 Å². The van der Waals surface area contributed by atoms with Crippen LogP contribution in [-0.2, 0) is 6.54 Å². The quantitative estimate of drug-likeness (QED) is 0.933. The van der Waals surface area contributed by atoms with Crippen molar-refractivity contribution in [1.82, 2.24) is 4.90 Å². The topological polar surface area (TPSA) is 59.0 Å². The number of carboxylic acids is 1. The molecule has 0 aliphatic carbocycles. The lowest BCUT2D eigenvalue weighted by Gasteiger charge is -2.24. The van der Waals surface area contributed by atoms with E-state index >= 15 is 0 Å². The van der Waals surface area contributed by atoms with E-state index in [1.54, 1.807) is 12.1 Å². The molecule has 0 amide bonds. The molecular weight excluding hydrogens is 318 g/mol. The highest BCUT2D eigenvalue weighted by atomic mass is 16.5. The number of hydrogen-bond acceptors (Lipinski definition) is 4. The molecule has 2 aromatic carbocycles. The highest BCUT2D eigenvalue weighted by Gasteiger charge is 2.22. The van der Waals surface area contributed by atoms with Gasteiger partial charge in [0.1, 0.15) is 30.3 Å². The average molecular weight is 337 g/mol. The highest BCUT2D eigenvalue weighted by Crippen LogP contribution is 2.29. The van der Waals surface area contributed by atoms with Crippen LogP contribution < -0.4 is 9.47 Å². The summed E-state index contributed by atoms with van der Waals surface area (Å²) in [6.45, 7) is 3.23. The van der Waals surface area contributed by atoms with Gasteiger partial charge in [0.25, 0.3) is 0 Å². The third-order valence-electron chi connectivity index (χ3n) is 4.49. The van der Waals surface area contributed by atoms with Gasteiger partial charge in [-0.05, 0) is 23.8 Å². The molecule has 0 saturated heterocycles. The molecule has 2 heterocycles. The SMILES string of the molecule is O=C(O)c1cccc2c1OCCN(CC1=Cc3ccccc3OC1)C2. The fourth-order valence-corrected chi connectivity index (χ4v) is 3.32. The molecule has 2 aromatic rings. The first-order chi connectivity index (χ1) is 12.2. The van der Waals surface area contributed by atoms with Crippen LogP contribution in [0.5, 0.6) is 11.5 Å². The summed E-state index contributed by atoms with van der Waals surface area (Å²) >= 11 is 0. The van der Waals surface area contributed by atoms with E-state index in [0.717, 1.165) is 30.0 Å². The van der Waals surface area contributed by atoms with Crippen LogP contribution in [0.3, 0.4) is 0 Å². The van der Waals surface area contributed by atoms with Crippen LogP contribution in [0.25, 0.3) is 6.08 Å². The first kappa shape index (κ1) is 15.7. The van der Waals surface area contributed by atoms with Crippen molar-refractivity contribution in [3.05, 3.63) is 64.7 Å². The lowest BCUT2D eigenvalue weighted by Crippen LogP contribution is -2.29. The zero-order chi connectivity index (χ0) is 17.2. The molecule has 1 N–H and O–H groups in total. The number of carbonyl (C=O) groups is 1. The summed E-state index contributed by atoms with van der Waals surface area (Å²) in [5.41, 5.74) is 3.45. The van der Waals surface area contributed by atoms with Crippen molar-refractivity contribution in [2.75, 3.05) is 26.3 Å². The lowest BCUT2D eigenvalue weighted by molar-refractivity contribution is 0.0692. The molecule has 0 radical (unpaired) electrons. The van der Waals surface area contributed by atoms with Crippen LogP contribution in [0.2, 0.25) is 0 Å². The second-order valence-corrected chi connectivity index (χ2v) is 6.29. The fourth-order valence-electron chi connectivity index (χ4n) is 3.32. The van der Waals surface area contributed by atoms with Gasteiger partial charge in [-0.2, -0.15) is 0 Å². The zero-order valence-corrected chi connectivity index (χ0v) is 13.8. The van der Waals surface area contributed by atoms with Gasteiger partial charge in [0.15, 0.2) is 0 Å². The lowest BCUT2D eigenvalue weighted by atomic mass is 10.1. The van der Waals surface area contributed by atoms with Gasteiger partial charge in [0.2, 0.25) is 0 Å². The van der Waals surface area contributed by atoms with E-state index in [4.69, 9.17) is 9.47 Å². The van der Waals surface area contributed by atoms with E-state index < -0.39 is 5.97 Å². The molecule has 0 bridgehead atoms. The number of hydrogen-bond donors (Lipinski definition) is 1. The summed E-state index contributed by atoms with van der Waals surface area (Å²) in [4.78, 5) is 13.6. The summed E-state index contributed by atoms with van der Waals surface area (Å²) in [5.74, 6) is 0.462. The predicted molar refractivity (Wildman–Crippen MR) is 94.1 cm³/mol. The van der Waals surface area contributed by atoms with Crippen LogP contribution in [0.15, 0.2) is 48.0 Å². The molecule has 0 saturated carbocycles. The molecule has 0 aromatic heterocycles. The molecule has 5 nitrogen and oxygen atoms in total. The second kappa shape index (κ2) is 6.61. The Hall–Kier alpha value is -2.79. The first-order valence-corrected chi connectivity index (χ1v) is 8.32. The van der Waals surface area contributed by atoms with E-state index in [-0.39, 0.29) is 5.56 Å². The molecule has 0 fully saturated rings. The molecular formula is C20H19NO4. The van der Waals surface area contributed by atoms with Crippen LogP contribution in [0.4, 0.5) is 0 Å². The molecule has 4 rings (SSSR count). The number of para-hydroxylation sites is 2. The molecule has 0 spiro atoms. The minimum atomic E-state index is -0.953. The maximum atomic E-state index is 11.4. The number of rotatable bonds is 3. The Bertz CT molecular complexity index is 843. The number of benzene rings is 2. The minimum absolute atomic E-state index is 0.230. The molecule has 0 unspecified atom stereocenters. The van der Waals surface area contributed by atoms with Crippen LogP contribution in [0.1, 0.15) is 21.5 Å². The number of ether oxygens (including phenoxy) is 2. The highest BCUT2D eigenvalue weighted by molar-refractivity contribution is 5.91. The van der Waals surface area contributed by atoms with Crippen molar-refractivity contribution >= 4 is 12.0 Å². The van der Waals surface area contributed by atoms with Gasteiger partial charge in [-0.1, -0.05) is 30.3 Å². The summed E-state index contributed by atoms with van der Waals surface area (Å²) in [5, 5.41) is 9.33. The van der Waals surface area contributed by atoms with Crippen molar-refractivity contribution in [1.29, 1.82) is 0 Å². The molecule has 0 atom stereocenters. The van der Waals surface area contributed by atoms with E-state index in [1.165, 1.54) is 5.57 Å². The molecule has 2 aliphatic rings. The first-order valence-electron chi connectivity index (χ1n) is 8.32. The van der Waals surface area contributed by atoms with Crippen molar-refractivity contribution in [2.24, 2.45) is 0 Å². The zero-order valence-electron chi connectivity index (χ0n) is 13.8. The maximum Gasteiger partial charge on any atom is 0.339 e. The monoisotopic (exact) mass is 337 g/mol. The molecule has 128 valence electrons. The van der Waals surface area contributed by atoms with Gasteiger partial charge in [-0.3, -0.25) is 4.90 Å². The van der Waals surface area contributed by atoms with Crippen molar-refractivity contribution in [3.8, 4) is 11.5 Å². The summed E-state index contributed by atoms with van der Waals surface area (Å²) in [6.07, 6.45) is 2.18. The molecule has 5 heteroatoms. The van der Waals surface area contributed by atoms with E-state index in [2.05, 4.69) is 17.0 Å². The Labute approximate surface area is 146 Å². The Morgan fingerprint density at radius 3 is 2.88 bits per heavy atom. The van der Waals surface area contributed by atoms with Crippen LogP contribution in [-0.4, -0.2) is 42.3 Å². The van der Waals surface area contributed by atoms with Gasteiger partial charge in [-0.15, -0.1) is 0 Å². The average Bonchev–Trinajstić information content (AvgIpc) is 2.83. The normalized spacial score (nSPS) is 16.6. The van der Waals surface area contributed by atoms with Crippen LogP contribution >= 0.6 is 0 Å². The second-order valence-electron chi connectivity index (χ2n) is 6.29. The molecule has 2 aliphatic heterocycles. The summed E-state index contributed by atoms with van der Waals surface area (Å²) < 4.78 is 11.6. The summed E-state index contributed by atoms with van der Waals surface area (Å²) in [7, 11) is 0. The van der Waals surface area contributed by atoms with E-state index in [1.807, 2.05) is 24.3 Å². The van der Waals surface area contributed by atoms with Crippen molar-refractivity contribution in [2.45, 2.75) is 6.54 Å². The number of nitrogens with zero attached hydrogens (tertiary/aromatic N) is 1. The van der Waals surface area contributed by atoms with Gasteiger partial charge in [-0.25, -0.2) is 4.79 Å². The Morgan fingerprint density at radius 1 is 1.12 bits per heavy atom. The smallest absolute Gasteiger partial charge is 0.339 e. The van der Waals surface area contributed by atoms with E-state index in [0.29, 0.717) is 25.5 Å². The Kier molecular flexibility index (Phi) is 4.15. The van der Waals surface area contributed by atoms with Gasteiger partial charge >= 0.3 is 5.97 Å². The Balaban J connectivity index is 1.54. The number of aromatic carboxylic acids is 1. The fraction of sp³-hybridized carbons (Fsp3) is 0.250. The van der Waals surface area contributed by atoms with Crippen molar-refractivity contribution in [3.63, 3.8) is 0 Å². The third kappa shape index (κ3) is 3.23. The van der Waals surface area contributed by atoms with Crippen molar-refractivity contribution < 1.29 is 19.4 Å². The Morgan fingerprint density at radius 2 is 2.00 bits per heavy atom. The van der Waals surface area contributed by atoms with Gasteiger partial charge in [0.05, 0.1) is 0 Å². The summed E-state index contributed by atoms with van der Waals surface area (Å²) in [6, 6.07) is 13.3. The molecule has 25 heavy (non-hydrogen) atoms. The third-order valence-corrected chi connectivity index (χ3v) is 4.49. The minimum Gasteiger partial charge on any atom is -0.491 e. The maximum absolute atomic E-state index is 11.4. The largest absolute Gasteiger partial charge is 0.491 e. The van der Waals surface area contributed by atoms with E-state index in [9.17, 15) is 9.90 Å². The number of fused-ring (bicyclic) bond motifs is 2. The standard InChI is InChI=1S/C20H19NO4/c22-20(23)17-6-3-5-16-12-21(8-9-24-19(16)17)11-14-10-15-4-1-2-7-18(15)25-13-14/h1-7,10H,8-9,11-13H2,(H,22,23).